The molecule has 0 aliphatic rings. The Morgan fingerprint density at radius 1 is 1.32 bits per heavy atom. The van der Waals surface area contributed by atoms with Gasteiger partial charge in [-0.1, -0.05) is 6.07 Å². The van der Waals surface area contributed by atoms with Crippen molar-refractivity contribution >= 4 is 15.7 Å². The monoisotopic (exact) mass is 324 g/mol. The number of sulfonamides is 1. The van der Waals surface area contributed by atoms with Gasteiger partial charge in [-0.15, -0.1) is 0 Å². The number of non-ortho nitro benzene ring substituents is 1. The van der Waals surface area contributed by atoms with Crippen LogP contribution in [0.3, 0.4) is 0 Å². The topological polar surface area (TPSA) is 107 Å². The molecular formula is C13H16N4O4S. The maximum Gasteiger partial charge on any atom is 0.270 e. The number of rotatable bonds is 6. The van der Waals surface area contributed by atoms with Gasteiger partial charge >= 0.3 is 0 Å². The minimum Gasteiger partial charge on any atom is -0.268 e. The van der Waals surface area contributed by atoms with Crippen LogP contribution in [-0.4, -0.2) is 29.7 Å². The van der Waals surface area contributed by atoms with Crippen LogP contribution in [0.5, 0.6) is 0 Å². The summed E-state index contributed by atoms with van der Waals surface area (Å²) in [5.41, 5.74) is 1.53. The van der Waals surface area contributed by atoms with E-state index in [1.54, 1.807) is 4.68 Å². The van der Waals surface area contributed by atoms with Gasteiger partial charge in [-0.05, 0) is 26.0 Å². The van der Waals surface area contributed by atoms with E-state index in [-0.39, 0.29) is 17.1 Å². The molecule has 118 valence electrons. The van der Waals surface area contributed by atoms with E-state index in [4.69, 9.17) is 0 Å². The summed E-state index contributed by atoms with van der Waals surface area (Å²) in [4.78, 5) is 9.94. The van der Waals surface area contributed by atoms with Gasteiger partial charge < -0.3 is 0 Å². The lowest BCUT2D eigenvalue weighted by molar-refractivity contribution is -0.385. The summed E-state index contributed by atoms with van der Waals surface area (Å²) >= 11 is 0. The number of nitro groups is 1. The van der Waals surface area contributed by atoms with Crippen molar-refractivity contribution < 1.29 is 13.3 Å². The van der Waals surface area contributed by atoms with Crippen LogP contribution in [0.15, 0.2) is 35.2 Å². The molecule has 2 aromatic rings. The van der Waals surface area contributed by atoms with Crippen LogP contribution in [-0.2, 0) is 16.6 Å². The second-order valence-electron chi connectivity index (χ2n) is 4.80. The highest BCUT2D eigenvalue weighted by molar-refractivity contribution is 7.89. The molecule has 8 nitrogen and oxygen atoms in total. The average Bonchev–Trinajstić information content (AvgIpc) is 2.77. The van der Waals surface area contributed by atoms with E-state index in [0.29, 0.717) is 6.54 Å². The van der Waals surface area contributed by atoms with Gasteiger partial charge in [-0.25, -0.2) is 13.1 Å². The van der Waals surface area contributed by atoms with Crippen molar-refractivity contribution in [2.45, 2.75) is 25.3 Å². The van der Waals surface area contributed by atoms with E-state index in [2.05, 4.69) is 9.82 Å². The predicted octanol–water partition coefficient (Wildman–Crippen LogP) is 1.39. The van der Waals surface area contributed by atoms with E-state index in [9.17, 15) is 18.5 Å². The molecule has 0 spiro atoms. The number of hydrogen-bond acceptors (Lipinski definition) is 5. The van der Waals surface area contributed by atoms with E-state index >= 15 is 0 Å². The van der Waals surface area contributed by atoms with Crippen LogP contribution < -0.4 is 4.72 Å². The quantitative estimate of drug-likeness (QED) is 0.638. The zero-order chi connectivity index (χ0) is 16.3. The lowest BCUT2D eigenvalue weighted by Gasteiger charge is -2.08. The maximum atomic E-state index is 12.1. The molecule has 0 saturated heterocycles. The predicted molar refractivity (Wildman–Crippen MR) is 80.0 cm³/mol. The minimum atomic E-state index is -3.79. The molecule has 1 N–H and O–H groups in total. The Balaban J connectivity index is 2.06. The lowest BCUT2D eigenvalue weighted by atomic mass is 10.3. The van der Waals surface area contributed by atoms with Crippen LogP contribution in [0.1, 0.15) is 11.4 Å². The van der Waals surface area contributed by atoms with Crippen molar-refractivity contribution in [1.82, 2.24) is 14.5 Å². The highest BCUT2D eigenvalue weighted by Gasteiger charge is 2.17. The first-order chi connectivity index (χ1) is 10.3. The van der Waals surface area contributed by atoms with Crippen molar-refractivity contribution in [3.8, 4) is 0 Å². The smallest absolute Gasteiger partial charge is 0.268 e. The van der Waals surface area contributed by atoms with Gasteiger partial charge in [0, 0.05) is 24.4 Å². The largest absolute Gasteiger partial charge is 0.270 e. The Kier molecular flexibility index (Phi) is 4.57. The molecule has 1 aromatic heterocycles. The summed E-state index contributed by atoms with van der Waals surface area (Å²) in [6.45, 7) is 4.27. The van der Waals surface area contributed by atoms with Crippen LogP contribution >= 0.6 is 0 Å². The minimum absolute atomic E-state index is 0.130. The summed E-state index contributed by atoms with van der Waals surface area (Å²) < 4.78 is 28.4. The zero-order valence-electron chi connectivity index (χ0n) is 12.2. The summed E-state index contributed by atoms with van der Waals surface area (Å²) in [6, 6.07) is 6.84. The maximum absolute atomic E-state index is 12.1. The Morgan fingerprint density at radius 3 is 2.64 bits per heavy atom. The van der Waals surface area contributed by atoms with E-state index < -0.39 is 14.9 Å². The highest BCUT2D eigenvalue weighted by Crippen LogP contribution is 2.17. The first kappa shape index (κ1) is 16.1. The number of nitrogens with one attached hydrogen (secondary N) is 1. The second kappa shape index (κ2) is 6.24. The Hall–Kier alpha value is -2.26. The third-order valence-corrected chi connectivity index (χ3v) is 4.52. The Morgan fingerprint density at radius 2 is 2.05 bits per heavy atom. The van der Waals surface area contributed by atoms with Gasteiger partial charge in [0.15, 0.2) is 0 Å². The van der Waals surface area contributed by atoms with Gasteiger partial charge in [0.05, 0.1) is 22.1 Å². The molecule has 0 aliphatic carbocycles. The fourth-order valence-electron chi connectivity index (χ4n) is 2.03. The first-order valence-electron chi connectivity index (χ1n) is 6.55. The summed E-state index contributed by atoms with van der Waals surface area (Å²) in [6.07, 6.45) is 0. The molecule has 0 saturated carbocycles. The molecule has 0 radical (unpaired) electrons. The molecule has 1 heterocycles. The molecule has 1 aromatic carbocycles. The van der Waals surface area contributed by atoms with Crippen molar-refractivity contribution in [2.24, 2.45) is 0 Å². The normalized spacial score (nSPS) is 11.5. The number of nitro benzene ring substituents is 1. The van der Waals surface area contributed by atoms with Crippen molar-refractivity contribution in [1.29, 1.82) is 0 Å². The van der Waals surface area contributed by atoms with Gasteiger partial charge in [0.1, 0.15) is 0 Å². The fraction of sp³-hybridized carbons (Fsp3) is 0.308. The first-order valence-corrected chi connectivity index (χ1v) is 8.03. The molecule has 0 amide bonds. The summed E-state index contributed by atoms with van der Waals surface area (Å²) in [5.74, 6) is 0. The number of hydrogen-bond donors (Lipinski definition) is 1. The standard InChI is InChI=1S/C13H16N4O4S/c1-10-8-11(2)16(15-10)7-6-14-22(20,21)13-5-3-4-12(9-13)17(18)19/h3-5,8-9,14H,6-7H2,1-2H3. The third-order valence-electron chi connectivity index (χ3n) is 3.06. The van der Waals surface area contributed by atoms with E-state index in [1.165, 1.54) is 18.2 Å². The second-order valence-corrected chi connectivity index (χ2v) is 6.57. The SMILES string of the molecule is Cc1cc(C)n(CCNS(=O)(=O)c2cccc([N+](=O)[O-])c2)n1. The van der Waals surface area contributed by atoms with Gasteiger partial charge in [0.2, 0.25) is 10.0 Å². The third kappa shape index (κ3) is 3.68. The fourth-order valence-corrected chi connectivity index (χ4v) is 3.10. The molecule has 2 rings (SSSR count). The van der Waals surface area contributed by atoms with Gasteiger partial charge in [0.25, 0.3) is 5.69 Å². The number of nitrogens with zero attached hydrogens (tertiary/aromatic N) is 3. The summed E-state index contributed by atoms with van der Waals surface area (Å²) in [7, 11) is -3.79. The van der Waals surface area contributed by atoms with Crippen LogP contribution in [0.25, 0.3) is 0 Å². The van der Waals surface area contributed by atoms with Crippen molar-refractivity contribution in [3.05, 3.63) is 51.8 Å². The molecule has 22 heavy (non-hydrogen) atoms. The summed E-state index contributed by atoms with van der Waals surface area (Å²) in [5, 5.41) is 14.9. The van der Waals surface area contributed by atoms with Gasteiger partial charge in [-0.3, -0.25) is 14.8 Å². The number of aryl methyl sites for hydroxylation is 2. The number of aromatic nitrogens is 2. The molecule has 9 heteroatoms. The number of benzene rings is 1. The lowest BCUT2D eigenvalue weighted by Crippen LogP contribution is -2.28. The van der Waals surface area contributed by atoms with Crippen LogP contribution in [0, 0.1) is 24.0 Å². The average molecular weight is 324 g/mol. The van der Waals surface area contributed by atoms with Crippen LogP contribution in [0.2, 0.25) is 0 Å². The molecule has 0 bridgehead atoms. The molecule has 0 fully saturated rings. The van der Waals surface area contributed by atoms with Crippen LogP contribution in [0.4, 0.5) is 5.69 Å². The molecular weight excluding hydrogens is 308 g/mol. The molecule has 0 aliphatic heterocycles. The highest BCUT2D eigenvalue weighted by atomic mass is 32.2. The molecule has 0 atom stereocenters. The van der Waals surface area contributed by atoms with E-state index in [0.717, 1.165) is 17.5 Å². The van der Waals surface area contributed by atoms with E-state index in [1.807, 2.05) is 19.9 Å². The van der Waals surface area contributed by atoms with Crippen molar-refractivity contribution in [3.63, 3.8) is 0 Å². The zero-order valence-corrected chi connectivity index (χ0v) is 13.0. The Bertz CT molecular complexity index is 798. The van der Waals surface area contributed by atoms with Gasteiger partial charge in [-0.2, -0.15) is 5.10 Å². The van der Waals surface area contributed by atoms with Crippen molar-refractivity contribution in [2.75, 3.05) is 6.54 Å². The molecule has 0 unspecified atom stereocenters. The Labute approximate surface area is 128 Å².